The summed E-state index contributed by atoms with van der Waals surface area (Å²) in [5.74, 6) is -0.240. The number of nitrogens with two attached hydrogens (primary N) is 2. The van der Waals surface area contributed by atoms with E-state index in [0.717, 1.165) is 0 Å². The first kappa shape index (κ1) is 15.8. The van der Waals surface area contributed by atoms with E-state index in [9.17, 15) is 14.4 Å². The minimum atomic E-state index is -0.608. The number of nitrogens with zero attached hydrogens (tertiary/aromatic N) is 1. The van der Waals surface area contributed by atoms with E-state index in [4.69, 9.17) is 11.5 Å². The zero-order valence-corrected chi connectivity index (χ0v) is 11.9. The lowest BCUT2D eigenvalue weighted by atomic mass is 10.2. The van der Waals surface area contributed by atoms with Gasteiger partial charge in [0, 0.05) is 19.0 Å². The van der Waals surface area contributed by atoms with Crippen LogP contribution in [0.2, 0.25) is 0 Å². The fraction of sp³-hybridized carbons (Fsp3) is 0.583. The van der Waals surface area contributed by atoms with Gasteiger partial charge in [-0.3, -0.25) is 19.1 Å². The van der Waals surface area contributed by atoms with Gasteiger partial charge in [-0.25, -0.2) is 4.79 Å². The van der Waals surface area contributed by atoms with Crippen LogP contribution in [0.25, 0.3) is 0 Å². The molecule has 0 aliphatic rings. The van der Waals surface area contributed by atoms with Crippen LogP contribution in [0.4, 0.5) is 11.5 Å². The van der Waals surface area contributed by atoms with Gasteiger partial charge in [-0.05, 0) is 12.8 Å². The Bertz CT molecular complexity index is 602. The molecular formula is C12H21N5O3. The van der Waals surface area contributed by atoms with Crippen LogP contribution in [0.15, 0.2) is 9.59 Å². The van der Waals surface area contributed by atoms with Crippen molar-refractivity contribution in [1.82, 2.24) is 9.55 Å². The second-order valence-electron chi connectivity index (χ2n) is 5.24. The minimum Gasteiger partial charge on any atom is -0.383 e. The number of amides is 1. The van der Waals surface area contributed by atoms with Gasteiger partial charge in [-0.2, -0.15) is 0 Å². The highest BCUT2D eigenvalue weighted by Gasteiger charge is 2.15. The quantitative estimate of drug-likeness (QED) is 0.555. The maximum Gasteiger partial charge on any atom is 0.330 e. The van der Waals surface area contributed by atoms with Crippen LogP contribution >= 0.6 is 0 Å². The van der Waals surface area contributed by atoms with Crippen molar-refractivity contribution >= 4 is 17.4 Å². The van der Waals surface area contributed by atoms with Gasteiger partial charge >= 0.3 is 5.69 Å². The number of hydrogen-bond acceptors (Lipinski definition) is 5. The number of anilines is 2. The fourth-order valence-corrected chi connectivity index (χ4v) is 1.87. The second-order valence-corrected chi connectivity index (χ2v) is 5.24. The maximum atomic E-state index is 11.8. The van der Waals surface area contributed by atoms with Gasteiger partial charge in [-0.1, -0.05) is 13.8 Å². The number of rotatable bonds is 6. The van der Waals surface area contributed by atoms with Crippen LogP contribution < -0.4 is 28.0 Å². The molecule has 0 spiro atoms. The number of aromatic amines is 1. The van der Waals surface area contributed by atoms with Crippen LogP contribution in [0.3, 0.4) is 0 Å². The van der Waals surface area contributed by atoms with Crippen molar-refractivity contribution in [1.29, 1.82) is 0 Å². The third-order valence-electron chi connectivity index (χ3n) is 2.69. The molecule has 20 heavy (non-hydrogen) atoms. The molecule has 1 atom stereocenters. The molecule has 0 fully saturated rings. The summed E-state index contributed by atoms with van der Waals surface area (Å²) in [4.78, 5) is 36.6. The highest BCUT2D eigenvalue weighted by atomic mass is 16.2. The molecule has 1 aromatic rings. The van der Waals surface area contributed by atoms with Crippen molar-refractivity contribution in [2.75, 3.05) is 11.1 Å². The Balaban J connectivity index is 3.16. The van der Waals surface area contributed by atoms with Crippen LogP contribution in [0.5, 0.6) is 0 Å². The topological polar surface area (TPSA) is 136 Å². The molecule has 112 valence electrons. The first-order valence-corrected chi connectivity index (χ1v) is 6.39. The number of nitrogen functional groups attached to an aromatic ring is 1. The second kappa shape index (κ2) is 6.27. The van der Waals surface area contributed by atoms with Crippen molar-refractivity contribution < 1.29 is 4.79 Å². The fourth-order valence-electron chi connectivity index (χ4n) is 1.87. The van der Waals surface area contributed by atoms with Gasteiger partial charge in [-0.15, -0.1) is 0 Å². The highest BCUT2D eigenvalue weighted by molar-refractivity contribution is 5.75. The normalized spacial score (nSPS) is 12.4. The van der Waals surface area contributed by atoms with Crippen LogP contribution in [-0.2, 0) is 11.3 Å². The third-order valence-corrected chi connectivity index (χ3v) is 2.69. The molecule has 8 heteroatoms. The summed E-state index contributed by atoms with van der Waals surface area (Å²) in [5, 5.41) is 2.82. The molecule has 6 N–H and O–H groups in total. The third kappa shape index (κ3) is 3.87. The molecule has 0 aliphatic heterocycles. The van der Waals surface area contributed by atoms with E-state index in [2.05, 4.69) is 10.3 Å². The number of nitrogens with one attached hydrogen (secondary N) is 2. The summed E-state index contributed by atoms with van der Waals surface area (Å²) in [5.41, 5.74) is 9.90. The predicted molar refractivity (Wildman–Crippen MR) is 77.5 cm³/mol. The number of carbonyl (C=O) groups is 1. The Morgan fingerprint density at radius 3 is 2.45 bits per heavy atom. The lowest BCUT2D eigenvalue weighted by Gasteiger charge is -2.18. The number of primary amides is 1. The number of hydrogen-bond donors (Lipinski definition) is 4. The van der Waals surface area contributed by atoms with Crippen molar-refractivity contribution in [3.63, 3.8) is 0 Å². The molecule has 8 nitrogen and oxygen atoms in total. The monoisotopic (exact) mass is 283 g/mol. The molecule has 0 aliphatic carbocycles. The molecule has 0 radical (unpaired) electrons. The molecule has 0 bridgehead atoms. The SMILES string of the molecule is CC(C)Cn1c(N)c(NC(C)CC(N)=O)c(=O)[nH]c1=O. The van der Waals surface area contributed by atoms with Gasteiger partial charge in [0.25, 0.3) is 5.56 Å². The largest absolute Gasteiger partial charge is 0.383 e. The van der Waals surface area contributed by atoms with Crippen molar-refractivity contribution in [3.8, 4) is 0 Å². The molecule has 0 saturated heterocycles. The molecule has 1 amide bonds. The molecule has 1 rings (SSSR count). The highest BCUT2D eigenvalue weighted by Crippen LogP contribution is 2.13. The predicted octanol–water partition coefficient (Wildman–Crippen LogP) is -0.549. The van der Waals surface area contributed by atoms with Crippen molar-refractivity contribution in [2.24, 2.45) is 11.7 Å². The lowest BCUT2D eigenvalue weighted by molar-refractivity contribution is -0.118. The van der Waals surface area contributed by atoms with E-state index in [1.54, 1.807) is 6.92 Å². The summed E-state index contributed by atoms with van der Waals surface area (Å²) in [7, 11) is 0. The Morgan fingerprint density at radius 1 is 1.35 bits per heavy atom. The van der Waals surface area contributed by atoms with Gasteiger partial charge in [0.05, 0.1) is 0 Å². The standard InChI is InChI=1S/C12H21N5O3/c1-6(2)5-17-10(14)9(11(19)16-12(17)20)15-7(3)4-8(13)18/h6-7,15H,4-5,14H2,1-3H3,(H2,13,18)(H,16,19,20). The molecule has 1 unspecified atom stereocenters. The number of H-pyrrole nitrogens is 1. The molecule has 1 heterocycles. The van der Waals surface area contributed by atoms with Gasteiger partial charge < -0.3 is 16.8 Å². The van der Waals surface area contributed by atoms with E-state index in [-0.39, 0.29) is 29.9 Å². The summed E-state index contributed by atoms with van der Waals surface area (Å²) in [6.45, 7) is 5.95. The Morgan fingerprint density at radius 2 is 1.95 bits per heavy atom. The summed E-state index contributed by atoms with van der Waals surface area (Å²) < 4.78 is 1.30. The van der Waals surface area contributed by atoms with Crippen LogP contribution in [0.1, 0.15) is 27.2 Å². The first-order valence-electron chi connectivity index (χ1n) is 6.39. The summed E-state index contributed by atoms with van der Waals surface area (Å²) in [6, 6.07) is -0.360. The Hall–Kier alpha value is -2.25. The van der Waals surface area contributed by atoms with Crippen LogP contribution in [-0.4, -0.2) is 21.5 Å². The van der Waals surface area contributed by atoms with Crippen LogP contribution in [0, 0.1) is 5.92 Å². The van der Waals surface area contributed by atoms with Gasteiger partial charge in [0.1, 0.15) is 11.5 Å². The Kier molecular flexibility index (Phi) is 4.95. The zero-order chi connectivity index (χ0) is 15.4. The maximum absolute atomic E-state index is 11.8. The minimum absolute atomic E-state index is 0.0577. The number of aromatic nitrogens is 2. The van der Waals surface area contributed by atoms with Crippen molar-refractivity contribution in [2.45, 2.75) is 39.8 Å². The number of carbonyl (C=O) groups excluding carboxylic acids is 1. The lowest BCUT2D eigenvalue weighted by Crippen LogP contribution is -2.36. The average molecular weight is 283 g/mol. The molecule has 0 aromatic carbocycles. The van der Waals surface area contributed by atoms with Crippen molar-refractivity contribution in [3.05, 3.63) is 20.8 Å². The summed E-state index contributed by atoms with van der Waals surface area (Å²) in [6.07, 6.45) is 0.0577. The van der Waals surface area contributed by atoms with E-state index in [1.807, 2.05) is 13.8 Å². The first-order chi connectivity index (χ1) is 9.22. The van der Waals surface area contributed by atoms with E-state index < -0.39 is 17.2 Å². The van der Waals surface area contributed by atoms with Gasteiger partial charge in [0.2, 0.25) is 5.91 Å². The summed E-state index contributed by atoms with van der Waals surface area (Å²) >= 11 is 0. The Labute approximate surface area is 116 Å². The van der Waals surface area contributed by atoms with E-state index in [0.29, 0.717) is 6.54 Å². The molecular weight excluding hydrogens is 262 g/mol. The van der Waals surface area contributed by atoms with E-state index >= 15 is 0 Å². The molecule has 0 saturated carbocycles. The van der Waals surface area contributed by atoms with Gasteiger partial charge in [0.15, 0.2) is 0 Å². The smallest absolute Gasteiger partial charge is 0.330 e. The zero-order valence-electron chi connectivity index (χ0n) is 11.9. The van der Waals surface area contributed by atoms with E-state index in [1.165, 1.54) is 4.57 Å². The average Bonchev–Trinajstić information content (AvgIpc) is 2.29. The molecule has 1 aromatic heterocycles.